The van der Waals surface area contributed by atoms with Gasteiger partial charge in [-0.05, 0) is 18.8 Å². The largest absolute Gasteiger partial charge is 0.480 e. The van der Waals surface area contributed by atoms with Crippen LogP contribution in [0.5, 0.6) is 0 Å². The number of aliphatic carboxylic acids is 1. The van der Waals surface area contributed by atoms with Crippen LogP contribution in [-0.4, -0.2) is 68.6 Å². The van der Waals surface area contributed by atoms with E-state index in [0.29, 0.717) is 39.1 Å². The van der Waals surface area contributed by atoms with Crippen molar-refractivity contribution in [3.63, 3.8) is 0 Å². The molecule has 0 aromatic heterocycles. The average molecular weight is 304 g/mol. The number of carboxylic acid groups (broad SMARTS) is 1. The second-order valence-corrected chi connectivity index (χ2v) is 5.30. The molecule has 2 amide bonds. The van der Waals surface area contributed by atoms with Gasteiger partial charge in [-0.2, -0.15) is 0 Å². The molecule has 2 N–H and O–H groups in total. The van der Waals surface area contributed by atoms with Gasteiger partial charge < -0.3 is 24.8 Å². The molecule has 0 aromatic carbocycles. The lowest BCUT2D eigenvalue weighted by molar-refractivity contribution is -0.139. The third kappa shape index (κ3) is 9.25. The Kier molecular flexibility index (Phi) is 10.6. The Labute approximate surface area is 126 Å². The van der Waals surface area contributed by atoms with E-state index in [4.69, 9.17) is 14.6 Å². The topological polar surface area (TPSA) is 88.1 Å². The molecule has 0 unspecified atom stereocenters. The smallest absolute Gasteiger partial charge is 0.326 e. The molecule has 124 valence electrons. The number of hydrogen-bond donors (Lipinski definition) is 2. The summed E-state index contributed by atoms with van der Waals surface area (Å²) in [6.45, 7) is 5.71. The van der Waals surface area contributed by atoms with Crippen molar-refractivity contribution in [1.82, 2.24) is 10.2 Å². The first-order valence-corrected chi connectivity index (χ1v) is 7.18. The minimum atomic E-state index is -1.01. The third-order valence-electron chi connectivity index (χ3n) is 2.93. The molecule has 0 aliphatic carbocycles. The van der Waals surface area contributed by atoms with E-state index in [2.05, 4.69) is 5.32 Å². The standard InChI is InChI=1S/C14H28N2O5/c1-11(2)10-12(13(17)18)15-14(19)16(7-9-21-4)6-5-8-20-3/h11-12H,5-10H2,1-4H3,(H,15,19)(H,17,18)/t12-/m0/s1. The number of carbonyl (C=O) groups excluding carboxylic acids is 1. The van der Waals surface area contributed by atoms with Gasteiger partial charge in [-0.25, -0.2) is 9.59 Å². The van der Waals surface area contributed by atoms with Gasteiger partial charge in [0.15, 0.2) is 0 Å². The first-order valence-electron chi connectivity index (χ1n) is 7.18. The van der Waals surface area contributed by atoms with Crippen molar-refractivity contribution in [1.29, 1.82) is 0 Å². The Morgan fingerprint density at radius 2 is 1.76 bits per heavy atom. The van der Waals surface area contributed by atoms with Gasteiger partial charge in [-0.3, -0.25) is 0 Å². The van der Waals surface area contributed by atoms with Crippen LogP contribution in [0.4, 0.5) is 4.79 Å². The van der Waals surface area contributed by atoms with Crippen LogP contribution < -0.4 is 5.32 Å². The van der Waals surface area contributed by atoms with E-state index in [0.717, 1.165) is 0 Å². The lowest BCUT2D eigenvalue weighted by atomic mass is 10.0. The maximum Gasteiger partial charge on any atom is 0.326 e. The summed E-state index contributed by atoms with van der Waals surface area (Å²) in [5.41, 5.74) is 0. The van der Waals surface area contributed by atoms with E-state index in [1.165, 1.54) is 0 Å². The number of nitrogens with zero attached hydrogens (tertiary/aromatic N) is 1. The molecule has 0 aromatic rings. The molecule has 0 aliphatic heterocycles. The Morgan fingerprint density at radius 1 is 1.14 bits per heavy atom. The summed E-state index contributed by atoms with van der Waals surface area (Å²) in [6, 6.07) is -1.25. The van der Waals surface area contributed by atoms with Gasteiger partial charge in [-0.1, -0.05) is 13.8 Å². The van der Waals surface area contributed by atoms with E-state index >= 15 is 0 Å². The molecule has 0 heterocycles. The Morgan fingerprint density at radius 3 is 2.24 bits per heavy atom. The lowest BCUT2D eigenvalue weighted by Crippen LogP contribution is -2.49. The molecule has 0 radical (unpaired) electrons. The van der Waals surface area contributed by atoms with Crippen LogP contribution in [0.15, 0.2) is 0 Å². The zero-order chi connectivity index (χ0) is 16.3. The quantitative estimate of drug-likeness (QED) is 0.560. The number of carbonyl (C=O) groups is 2. The molecule has 0 spiro atoms. The number of carboxylic acids is 1. The van der Waals surface area contributed by atoms with Crippen molar-refractivity contribution < 1.29 is 24.2 Å². The molecule has 7 nitrogen and oxygen atoms in total. The summed E-state index contributed by atoms with van der Waals surface area (Å²) in [6.07, 6.45) is 1.09. The van der Waals surface area contributed by atoms with Gasteiger partial charge in [0.2, 0.25) is 0 Å². The summed E-state index contributed by atoms with van der Waals surface area (Å²) < 4.78 is 9.94. The van der Waals surface area contributed by atoms with Crippen LogP contribution >= 0.6 is 0 Å². The van der Waals surface area contributed by atoms with Crippen molar-refractivity contribution >= 4 is 12.0 Å². The predicted octanol–water partition coefficient (Wildman–Crippen LogP) is 1.18. The van der Waals surface area contributed by atoms with E-state index in [1.54, 1.807) is 19.1 Å². The van der Waals surface area contributed by atoms with Gasteiger partial charge in [0.05, 0.1) is 6.61 Å². The molecule has 1 atom stereocenters. The number of ether oxygens (including phenoxy) is 2. The summed E-state index contributed by atoms with van der Waals surface area (Å²) in [4.78, 5) is 24.9. The van der Waals surface area contributed by atoms with Crippen LogP contribution in [0.1, 0.15) is 26.7 Å². The minimum Gasteiger partial charge on any atom is -0.480 e. The summed E-state index contributed by atoms with van der Waals surface area (Å²) in [5.74, 6) is -0.826. The van der Waals surface area contributed by atoms with Gasteiger partial charge in [0.25, 0.3) is 0 Å². The Hall–Kier alpha value is -1.34. The van der Waals surface area contributed by atoms with Crippen LogP contribution in [0.3, 0.4) is 0 Å². The highest BCUT2D eigenvalue weighted by atomic mass is 16.5. The molecule has 0 saturated heterocycles. The van der Waals surface area contributed by atoms with Crippen molar-refractivity contribution in [3.8, 4) is 0 Å². The maximum absolute atomic E-state index is 12.2. The van der Waals surface area contributed by atoms with E-state index in [1.807, 2.05) is 13.8 Å². The van der Waals surface area contributed by atoms with Crippen molar-refractivity contribution in [2.24, 2.45) is 5.92 Å². The fourth-order valence-corrected chi connectivity index (χ4v) is 1.85. The monoisotopic (exact) mass is 304 g/mol. The highest BCUT2D eigenvalue weighted by Crippen LogP contribution is 2.06. The fraction of sp³-hybridized carbons (Fsp3) is 0.857. The zero-order valence-corrected chi connectivity index (χ0v) is 13.4. The third-order valence-corrected chi connectivity index (χ3v) is 2.93. The van der Waals surface area contributed by atoms with Crippen molar-refractivity contribution in [2.75, 3.05) is 40.5 Å². The number of methoxy groups -OCH3 is 2. The van der Waals surface area contributed by atoms with Gasteiger partial charge in [0.1, 0.15) is 6.04 Å². The molecule has 0 aliphatic rings. The first-order chi connectivity index (χ1) is 9.92. The van der Waals surface area contributed by atoms with Gasteiger partial charge in [0, 0.05) is 33.9 Å². The highest BCUT2D eigenvalue weighted by Gasteiger charge is 2.23. The Bertz CT molecular complexity index is 310. The van der Waals surface area contributed by atoms with Crippen LogP contribution in [0, 0.1) is 5.92 Å². The fourth-order valence-electron chi connectivity index (χ4n) is 1.85. The number of amides is 2. The average Bonchev–Trinajstić information content (AvgIpc) is 2.41. The predicted molar refractivity (Wildman–Crippen MR) is 79.4 cm³/mol. The lowest BCUT2D eigenvalue weighted by Gasteiger charge is -2.25. The molecule has 7 heteroatoms. The van der Waals surface area contributed by atoms with E-state index < -0.39 is 12.0 Å². The molecular weight excluding hydrogens is 276 g/mol. The molecule has 0 rings (SSSR count). The molecule has 0 fully saturated rings. The second-order valence-electron chi connectivity index (χ2n) is 5.30. The number of nitrogens with one attached hydrogen (secondary N) is 1. The van der Waals surface area contributed by atoms with Gasteiger partial charge in [-0.15, -0.1) is 0 Å². The normalized spacial score (nSPS) is 12.2. The van der Waals surface area contributed by atoms with Crippen LogP contribution in [0.25, 0.3) is 0 Å². The minimum absolute atomic E-state index is 0.187. The molecule has 21 heavy (non-hydrogen) atoms. The Balaban J connectivity index is 4.55. The molecular formula is C14H28N2O5. The molecule has 0 bridgehead atoms. The summed E-state index contributed by atoms with van der Waals surface area (Å²) in [5, 5.41) is 11.7. The SMILES string of the molecule is COCCCN(CCOC)C(=O)N[C@@H](CC(C)C)C(=O)O. The number of hydrogen-bond acceptors (Lipinski definition) is 4. The van der Waals surface area contributed by atoms with Gasteiger partial charge >= 0.3 is 12.0 Å². The number of rotatable bonds is 11. The maximum atomic E-state index is 12.2. The summed E-state index contributed by atoms with van der Waals surface area (Å²) in [7, 11) is 3.16. The number of urea groups is 1. The van der Waals surface area contributed by atoms with Crippen molar-refractivity contribution in [2.45, 2.75) is 32.7 Å². The van der Waals surface area contributed by atoms with Crippen molar-refractivity contribution in [3.05, 3.63) is 0 Å². The second kappa shape index (κ2) is 11.3. The first kappa shape index (κ1) is 19.7. The molecule has 0 saturated carbocycles. The highest BCUT2D eigenvalue weighted by molar-refractivity contribution is 5.82. The summed E-state index contributed by atoms with van der Waals surface area (Å²) >= 11 is 0. The van der Waals surface area contributed by atoms with E-state index in [9.17, 15) is 9.59 Å². The van der Waals surface area contributed by atoms with E-state index in [-0.39, 0.29) is 11.9 Å². The zero-order valence-electron chi connectivity index (χ0n) is 13.4. The van der Waals surface area contributed by atoms with Crippen LogP contribution in [-0.2, 0) is 14.3 Å². The van der Waals surface area contributed by atoms with Crippen LogP contribution in [0.2, 0.25) is 0 Å².